The maximum absolute atomic E-state index is 12.0. The van der Waals surface area contributed by atoms with Crippen molar-refractivity contribution >= 4 is 22.4 Å². The molecule has 1 amide bonds. The van der Waals surface area contributed by atoms with Gasteiger partial charge < -0.3 is 10.4 Å². The number of likely N-dealkylation sites (tertiary alicyclic amines) is 1. The second-order valence-electron chi connectivity index (χ2n) is 5.63. The van der Waals surface area contributed by atoms with Crippen LogP contribution >= 0.6 is 11.3 Å². The van der Waals surface area contributed by atoms with Gasteiger partial charge in [-0.1, -0.05) is 29.8 Å². The molecule has 2 aromatic rings. The maximum Gasteiger partial charge on any atom is 0.240 e. The van der Waals surface area contributed by atoms with E-state index in [4.69, 9.17) is 0 Å². The number of nitrogens with one attached hydrogen (secondary N) is 1. The summed E-state index contributed by atoms with van der Waals surface area (Å²) in [6.07, 6.45) is 0.433. The molecule has 1 aliphatic heterocycles. The number of anilines is 1. The van der Waals surface area contributed by atoms with Gasteiger partial charge in [0.1, 0.15) is 0 Å². The molecule has 0 spiro atoms. The zero-order valence-electron chi connectivity index (χ0n) is 12.5. The summed E-state index contributed by atoms with van der Waals surface area (Å²) in [4.78, 5) is 18.4. The summed E-state index contributed by atoms with van der Waals surface area (Å²) < 4.78 is 0. The first-order valence-electron chi connectivity index (χ1n) is 7.33. The number of thiazole rings is 1. The summed E-state index contributed by atoms with van der Waals surface area (Å²) in [7, 11) is 0. The number of hydrogen-bond acceptors (Lipinski definition) is 5. The molecule has 0 aliphatic carbocycles. The van der Waals surface area contributed by atoms with Gasteiger partial charge in [0.05, 0.1) is 18.3 Å². The third kappa shape index (κ3) is 3.71. The lowest BCUT2D eigenvalue weighted by atomic mass is 10.1. The van der Waals surface area contributed by atoms with Gasteiger partial charge in [0.15, 0.2) is 5.13 Å². The Kier molecular flexibility index (Phi) is 4.52. The number of aryl methyl sites for hydroxylation is 1. The fourth-order valence-corrected chi connectivity index (χ4v) is 3.24. The number of carbonyl (C=O) groups excluding carboxylic acids is 1. The summed E-state index contributed by atoms with van der Waals surface area (Å²) in [5, 5.41) is 14.9. The van der Waals surface area contributed by atoms with Crippen LogP contribution < -0.4 is 5.32 Å². The van der Waals surface area contributed by atoms with E-state index >= 15 is 0 Å². The van der Waals surface area contributed by atoms with Crippen LogP contribution in [0.5, 0.6) is 0 Å². The number of carbonyl (C=O) groups is 1. The lowest BCUT2D eigenvalue weighted by Crippen LogP contribution is -2.32. The molecule has 1 atom stereocenters. The minimum atomic E-state index is -0.305. The van der Waals surface area contributed by atoms with Crippen molar-refractivity contribution in [2.45, 2.75) is 19.4 Å². The van der Waals surface area contributed by atoms with Crippen LogP contribution in [0.25, 0.3) is 11.3 Å². The number of amides is 1. The zero-order valence-corrected chi connectivity index (χ0v) is 13.3. The Labute approximate surface area is 133 Å². The Morgan fingerprint density at radius 2 is 2.23 bits per heavy atom. The standard InChI is InChI=1S/C16H19N3O2S/c1-11-2-4-12(5-3-11)14-10-22-16(17-14)18-15(21)9-19-7-6-13(20)8-19/h2-5,10,13,20H,6-9H2,1H3,(H,17,18,21)/t13-/m1/s1. The lowest BCUT2D eigenvalue weighted by Gasteiger charge is -2.13. The van der Waals surface area contributed by atoms with E-state index in [1.807, 2.05) is 41.5 Å². The third-order valence-electron chi connectivity index (χ3n) is 3.71. The van der Waals surface area contributed by atoms with Crippen molar-refractivity contribution in [1.82, 2.24) is 9.88 Å². The predicted molar refractivity (Wildman–Crippen MR) is 88.0 cm³/mol. The second-order valence-corrected chi connectivity index (χ2v) is 6.49. The number of benzene rings is 1. The van der Waals surface area contributed by atoms with Crippen molar-refractivity contribution in [3.8, 4) is 11.3 Å². The van der Waals surface area contributed by atoms with E-state index in [0.717, 1.165) is 24.2 Å². The van der Waals surface area contributed by atoms with Gasteiger partial charge in [0.25, 0.3) is 0 Å². The van der Waals surface area contributed by atoms with Crippen molar-refractivity contribution in [2.75, 3.05) is 25.0 Å². The Balaban J connectivity index is 1.59. The Morgan fingerprint density at radius 1 is 1.45 bits per heavy atom. The van der Waals surface area contributed by atoms with Crippen molar-refractivity contribution in [1.29, 1.82) is 0 Å². The Bertz CT molecular complexity index is 654. The van der Waals surface area contributed by atoms with E-state index in [-0.39, 0.29) is 12.0 Å². The van der Waals surface area contributed by atoms with Crippen LogP contribution in [0.1, 0.15) is 12.0 Å². The summed E-state index contributed by atoms with van der Waals surface area (Å²) in [6, 6.07) is 8.15. The summed E-state index contributed by atoms with van der Waals surface area (Å²) in [6.45, 7) is 3.68. The highest BCUT2D eigenvalue weighted by molar-refractivity contribution is 7.14. The topological polar surface area (TPSA) is 65.5 Å². The molecule has 0 unspecified atom stereocenters. The molecule has 1 aromatic heterocycles. The molecule has 0 radical (unpaired) electrons. The van der Waals surface area contributed by atoms with Crippen molar-refractivity contribution in [2.24, 2.45) is 0 Å². The average molecular weight is 317 g/mol. The number of hydrogen-bond donors (Lipinski definition) is 2. The summed E-state index contributed by atoms with van der Waals surface area (Å²) in [5.41, 5.74) is 3.13. The van der Waals surface area contributed by atoms with Crippen molar-refractivity contribution in [3.63, 3.8) is 0 Å². The van der Waals surface area contributed by atoms with Crippen LogP contribution in [-0.2, 0) is 4.79 Å². The predicted octanol–water partition coefficient (Wildman–Crippen LogP) is 2.12. The monoisotopic (exact) mass is 317 g/mol. The maximum atomic E-state index is 12.0. The quantitative estimate of drug-likeness (QED) is 0.906. The van der Waals surface area contributed by atoms with Crippen LogP contribution in [0.3, 0.4) is 0 Å². The smallest absolute Gasteiger partial charge is 0.240 e. The SMILES string of the molecule is Cc1ccc(-c2csc(NC(=O)CN3CC[C@@H](O)C3)n2)cc1. The first kappa shape index (κ1) is 15.1. The number of aliphatic hydroxyl groups excluding tert-OH is 1. The first-order chi connectivity index (χ1) is 10.6. The Hall–Kier alpha value is -1.76. The number of nitrogens with zero attached hydrogens (tertiary/aromatic N) is 2. The number of aliphatic hydroxyl groups is 1. The van der Waals surface area contributed by atoms with E-state index in [9.17, 15) is 9.90 Å². The highest BCUT2D eigenvalue weighted by Gasteiger charge is 2.22. The number of aromatic nitrogens is 1. The molecule has 1 saturated heterocycles. The van der Waals surface area contributed by atoms with E-state index in [1.165, 1.54) is 16.9 Å². The molecule has 1 aliphatic rings. The van der Waals surface area contributed by atoms with Crippen molar-refractivity contribution in [3.05, 3.63) is 35.2 Å². The molecule has 1 fully saturated rings. The molecule has 22 heavy (non-hydrogen) atoms. The summed E-state index contributed by atoms with van der Waals surface area (Å²) in [5.74, 6) is -0.0843. The van der Waals surface area contributed by atoms with Crippen LogP contribution in [-0.4, -0.2) is 46.6 Å². The number of rotatable bonds is 4. The molecule has 2 heterocycles. The van der Waals surface area contributed by atoms with Gasteiger partial charge in [-0.25, -0.2) is 4.98 Å². The van der Waals surface area contributed by atoms with Crippen LogP contribution in [0, 0.1) is 6.92 Å². The molecule has 0 bridgehead atoms. The van der Waals surface area contributed by atoms with Crippen LogP contribution in [0.15, 0.2) is 29.6 Å². The average Bonchev–Trinajstić information content (AvgIpc) is 3.09. The third-order valence-corrected chi connectivity index (χ3v) is 4.47. The van der Waals surface area contributed by atoms with Gasteiger partial charge in [-0.05, 0) is 13.3 Å². The molecule has 1 aromatic carbocycles. The van der Waals surface area contributed by atoms with Crippen LogP contribution in [0.2, 0.25) is 0 Å². The van der Waals surface area contributed by atoms with Gasteiger partial charge in [0.2, 0.25) is 5.91 Å². The lowest BCUT2D eigenvalue weighted by molar-refractivity contribution is -0.117. The fourth-order valence-electron chi connectivity index (χ4n) is 2.51. The van der Waals surface area contributed by atoms with E-state index in [1.54, 1.807) is 0 Å². The highest BCUT2D eigenvalue weighted by Crippen LogP contribution is 2.25. The largest absolute Gasteiger partial charge is 0.392 e. The first-order valence-corrected chi connectivity index (χ1v) is 8.21. The second kappa shape index (κ2) is 6.56. The number of β-amino-alcohol motifs (C(OH)–C–C–N with tert-alkyl or cyclic N) is 1. The summed E-state index contributed by atoms with van der Waals surface area (Å²) >= 11 is 1.42. The molecule has 116 valence electrons. The van der Waals surface area contributed by atoms with Crippen LogP contribution in [0.4, 0.5) is 5.13 Å². The molecule has 6 heteroatoms. The van der Waals surface area contributed by atoms with Gasteiger partial charge in [-0.15, -0.1) is 11.3 Å². The molecular formula is C16H19N3O2S. The molecule has 3 rings (SSSR count). The fraction of sp³-hybridized carbons (Fsp3) is 0.375. The Morgan fingerprint density at radius 3 is 2.91 bits per heavy atom. The highest BCUT2D eigenvalue weighted by atomic mass is 32.1. The van der Waals surface area contributed by atoms with Crippen molar-refractivity contribution < 1.29 is 9.90 Å². The van der Waals surface area contributed by atoms with Gasteiger partial charge >= 0.3 is 0 Å². The zero-order chi connectivity index (χ0) is 15.5. The van der Waals surface area contributed by atoms with E-state index < -0.39 is 0 Å². The van der Waals surface area contributed by atoms with Gasteiger partial charge in [-0.2, -0.15) is 0 Å². The minimum Gasteiger partial charge on any atom is -0.392 e. The molecule has 0 saturated carbocycles. The molecule has 2 N–H and O–H groups in total. The molecule has 5 nitrogen and oxygen atoms in total. The minimum absolute atomic E-state index is 0.0843. The van der Waals surface area contributed by atoms with E-state index in [0.29, 0.717) is 18.2 Å². The van der Waals surface area contributed by atoms with Gasteiger partial charge in [-0.3, -0.25) is 9.69 Å². The van der Waals surface area contributed by atoms with Gasteiger partial charge in [0, 0.05) is 24.0 Å². The normalized spacial score (nSPS) is 18.5. The molecular weight excluding hydrogens is 298 g/mol. The van der Waals surface area contributed by atoms with E-state index in [2.05, 4.69) is 10.3 Å².